The summed E-state index contributed by atoms with van der Waals surface area (Å²) >= 11 is 12.4. The molecule has 0 radical (unpaired) electrons. The Labute approximate surface area is 237 Å². The van der Waals surface area contributed by atoms with Crippen LogP contribution in [-0.4, -0.2) is 26.9 Å². The zero-order valence-corrected chi connectivity index (χ0v) is 22.9. The van der Waals surface area contributed by atoms with Gasteiger partial charge in [-0.25, -0.2) is 4.98 Å². The van der Waals surface area contributed by atoms with Crippen LogP contribution in [0.4, 0.5) is 0 Å². The smallest absolute Gasteiger partial charge is 0.266 e. The van der Waals surface area contributed by atoms with Crippen LogP contribution in [0.1, 0.15) is 41.1 Å². The van der Waals surface area contributed by atoms with E-state index < -0.39 is 6.04 Å². The highest BCUT2D eigenvalue weighted by atomic mass is 35.5. The zero-order valence-electron chi connectivity index (χ0n) is 21.4. The minimum atomic E-state index is -0.492. The molecule has 5 rings (SSSR count). The highest BCUT2D eigenvalue weighted by Crippen LogP contribution is 2.30. The van der Waals surface area contributed by atoms with Gasteiger partial charge in [-0.15, -0.1) is 0 Å². The Bertz CT molecular complexity index is 1670. The Hall–Kier alpha value is -3.93. The summed E-state index contributed by atoms with van der Waals surface area (Å²) in [6.45, 7) is 2.41. The Balaban J connectivity index is 1.68. The monoisotopic (exact) mass is 555 g/mol. The van der Waals surface area contributed by atoms with Crippen LogP contribution in [0.25, 0.3) is 16.6 Å². The van der Waals surface area contributed by atoms with Gasteiger partial charge in [0.25, 0.3) is 11.5 Å². The van der Waals surface area contributed by atoms with Crippen molar-refractivity contribution < 1.29 is 4.79 Å². The molecule has 1 unspecified atom stereocenters. The van der Waals surface area contributed by atoms with Crippen molar-refractivity contribution in [3.63, 3.8) is 0 Å². The highest BCUT2D eigenvalue weighted by Gasteiger charge is 2.30. The third-order valence-corrected chi connectivity index (χ3v) is 7.53. The Morgan fingerprint density at radius 3 is 2.23 bits per heavy atom. The Kier molecular flexibility index (Phi) is 8.10. The number of carbonyl (C=O) groups is 1. The second kappa shape index (κ2) is 11.9. The minimum Gasteiger partial charge on any atom is -0.328 e. The lowest BCUT2D eigenvalue weighted by Gasteiger charge is -2.32. The topological polar surface area (TPSA) is 55.2 Å². The molecule has 0 aliphatic rings. The SMILES string of the molecule is CCC(c1nc2ccccc2c(=O)n1-c1ccccc1)N(CCc1ccccc1)C(=O)c1ccc(Cl)c(Cl)c1. The molecule has 0 aliphatic heterocycles. The van der Waals surface area contributed by atoms with Gasteiger partial charge in [0.15, 0.2) is 0 Å². The molecule has 0 fully saturated rings. The van der Waals surface area contributed by atoms with Gasteiger partial charge in [0.05, 0.1) is 32.7 Å². The second-order valence-corrected chi connectivity index (χ2v) is 10.1. The van der Waals surface area contributed by atoms with Crippen molar-refractivity contribution in [1.82, 2.24) is 14.5 Å². The number of rotatable bonds is 8. The van der Waals surface area contributed by atoms with Crippen molar-refractivity contribution in [2.45, 2.75) is 25.8 Å². The van der Waals surface area contributed by atoms with E-state index in [4.69, 9.17) is 28.2 Å². The summed E-state index contributed by atoms with van der Waals surface area (Å²) in [5, 5.41) is 1.21. The molecule has 0 spiro atoms. The van der Waals surface area contributed by atoms with E-state index >= 15 is 0 Å². The first kappa shape index (κ1) is 26.7. The molecule has 196 valence electrons. The molecule has 0 N–H and O–H groups in total. The number of halogens is 2. The molecule has 1 atom stereocenters. The van der Waals surface area contributed by atoms with E-state index in [0.29, 0.717) is 57.4 Å². The highest BCUT2D eigenvalue weighted by molar-refractivity contribution is 6.42. The number of fused-ring (bicyclic) bond motifs is 1. The molecule has 7 heteroatoms. The fourth-order valence-corrected chi connectivity index (χ4v) is 5.13. The quantitative estimate of drug-likeness (QED) is 0.199. The number of aromatic nitrogens is 2. The molecule has 1 amide bonds. The molecule has 0 bridgehead atoms. The van der Waals surface area contributed by atoms with Crippen LogP contribution in [0.3, 0.4) is 0 Å². The summed E-state index contributed by atoms with van der Waals surface area (Å²) in [7, 11) is 0. The van der Waals surface area contributed by atoms with E-state index in [1.165, 1.54) is 0 Å². The average Bonchev–Trinajstić information content (AvgIpc) is 2.97. The molecule has 1 aromatic heterocycles. The molecule has 39 heavy (non-hydrogen) atoms. The summed E-state index contributed by atoms with van der Waals surface area (Å²) in [5.74, 6) is 0.298. The maximum absolute atomic E-state index is 14.1. The Morgan fingerprint density at radius 2 is 1.54 bits per heavy atom. The van der Waals surface area contributed by atoms with Crippen LogP contribution in [0, 0.1) is 0 Å². The van der Waals surface area contributed by atoms with Crippen LogP contribution in [0.2, 0.25) is 10.0 Å². The van der Waals surface area contributed by atoms with Gasteiger partial charge in [0, 0.05) is 12.1 Å². The predicted octanol–water partition coefficient (Wildman–Crippen LogP) is 7.53. The largest absolute Gasteiger partial charge is 0.328 e. The fourth-order valence-electron chi connectivity index (χ4n) is 4.83. The third-order valence-electron chi connectivity index (χ3n) is 6.79. The van der Waals surface area contributed by atoms with E-state index in [-0.39, 0.29) is 11.5 Å². The van der Waals surface area contributed by atoms with Crippen molar-refractivity contribution in [3.8, 4) is 5.69 Å². The third kappa shape index (κ3) is 5.60. The predicted molar refractivity (Wildman–Crippen MR) is 158 cm³/mol. The molecule has 4 aromatic carbocycles. The molecule has 0 aliphatic carbocycles. The van der Waals surface area contributed by atoms with Gasteiger partial charge in [0.1, 0.15) is 5.82 Å². The fraction of sp³-hybridized carbons (Fsp3) is 0.156. The molecule has 5 nitrogen and oxygen atoms in total. The molecule has 1 heterocycles. The van der Waals surface area contributed by atoms with Crippen molar-refractivity contribution in [1.29, 1.82) is 0 Å². The second-order valence-electron chi connectivity index (χ2n) is 9.25. The van der Waals surface area contributed by atoms with Gasteiger partial charge in [0.2, 0.25) is 0 Å². The van der Waals surface area contributed by atoms with E-state index in [2.05, 4.69) is 0 Å². The summed E-state index contributed by atoms with van der Waals surface area (Å²) in [6, 6.07) is 31.1. The normalized spacial score (nSPS) is 11.9. The van der Waals surface area contributed by atoms with Crippen molar-refractivity contribution in [2.75, 3.05) is 6.54 Å². The summed E-state index contributed by atoms with van der Waals surface area (Å²) in [6.07, 6.45) is 1.17. The van der Waals surface area contributed by atoms with Crippen LogP contribution in [0.5, 0.6) is 0 Å². The average molecular weight is 556 g/mol. The van der Waals surface area contributed by atoms with Crippen LogP contribution < -0.4 is 5.56 Å². The van der Waals surface area contributed by atoms with Crippen LogP contribution in [-0.2, 0) is 6.42 Å². The number of para-hydroxylation sites is 2. The first-order valence-electron chi connectivity index (χ1n) is 12.8. The lowest BCUT2D eigenvalue weighted by Crippen LogP contribution is -2.39. The number of carbonyl (C=O) groups excluding carboxylic acids is 1. The van der Waals surface area contributed by atoms with E-state index in [9.17, 15) is 9.59 Å². The van der Waals surface area contributed by atoms with E-state index in [0.717, 1.165) is 5.56 Å². The van der Waals surface area contributed by atoms with Crippen LogP contribution >= 0.6 is 23.2 Å². The summed E-state index contributed by atoms with van der Waals surface area (Å²) < 4.78 is 1.63. The van der Waals surface area contributed by atoms with E-state index in [1.54, 1.807) is 33.7 Å². The van der Waals surface area contributed by atoms with Crippen molar-refractivity contribution in [3.05, 3.63) is 140 Å². The minimum absolute atomic E-state index is 0.176. The molecular formula is C32H27Cl2N3O2. The Morgan fingerprint density at radius 1 is 0.872 bits per heavy atom. The van der Waals surface area contributed by atoms with Crippen molar-refractivity contribution >= 4 is 40.0 Å². The maximum Gasteiger partial charge on any atom is 0.266 e. The van der Waals surface area contributed by atoms with Gasteiger partial charge in [-0.1, -0.05) is 90.8 Å². The van der Waals surface area contributed by atoms with E-state index in [1.807, 2.05) is 85.8 Å². The van der Waals surface area contributed by atoms with Crippen molar-refractivity contribution in [2.24, 2.45) is 0 Å². The maximum atomic E-state index is 14.1. The van der Waals surface area contributed by atoms with Gasteiger partial charge in [-0.05, 0) is 60.9 Å². The first-order chi connectivity index (χ1) is 19.0. The van der Waals surface area contributed by atoms with Gasteiger partial charge in [-0.2, -0.15) is 0 Å². The molecule has 5 aromatic rings. The summed E-state index contributed by atoms with van der Waals surface area (Å²) in [5.41, 5.74) is 2.63. The van der Waals surface area contributed by atoms with Gasteiger partial charge < -0.3 is 4.90 Å². The lowest BCUT2D eigenvalue weighted by atomic mass is 10.1. The number of hydrogen-bond donors (Lipinski definition) is 0. The number of benzene rings is 4. The number of amides is 1. The molecule has 0 saturated carbocycles. The molecule has 0 saturated heterocycles. The van der Waals surface area contributed by atoms with Gasteiger partial charge >= 0.3 is 0 Å². The first-order valence-corrected chi connectivity index (χ1v) is 13.6. The standard InChI is InChI=1S/C32H27Cl2N3O2/c1-2-29(30-35-28-16-10-9-15-25(28)32(39)37(30)24-13-7-4-8-14-24)36(20-19-22-11-5-3-6-12-22)31(38)23-17-18-26(33)27(34)21-23/h3-18,21,29H,2,19-20H2,1H3. The zero-order chi connectivity index (χ0) is 27.4. The lowest BCUT2D eigenvalue weighted by molar-refractivity contribution is 0.0662. The summed E-state index contributed by atoms with van der Waals surface area (Å²) in [4.78, 5) is 34.8. The molecular weight excluding hydrogens is 529 g/mol. The van der Waals surface area contributed by atoms with Crippen LogP contribution in [0.15, 0.2) is 108 Å². The van der Waals surface area contributed by atoms with Gasteiger partial charge in [-0.3, -0.25) is 14.2 Å². The number of hydrogen-bond acceptors (Lipinski definition) is 3. The number of nitrogens with zero attached hydrogens (tertiary/aromatic N) is 3.